The molecule has 7 nitrogen and oxygen atoms in total. The Labute approximate surface area is 115 Å². The van der Waals surface area contributed by atoms with Gasteiger partial charge in [-0.1, -0.05) is 0 Å². The van der Waals surface area contributed by atoms with E-state index in [0.717, 1.165) is 13.0 Å². The summed E-state index contributed by atoms with van der Waals surface area (Å²) >= 11 is 0. The fraction of sp³-hybridized carbons (Fsp3) is 0.385. The van der Waals surface area contributed by atoms with E-state index < -0.39 is 29.4 Å². The van der Waals surface area contributed by atoms with Crippen molar-refractivity contribution in [2.45, 2.75) is 32.5 Å². The molecule has 7 heteroatoms. The summed E-state index contributed by atoms with van der Waals surface area (Å²) in [5.41, 5.74) is -2.19. The zero-order valence-electron chi connectivity index (χ0n) is 11.2. The van der Waals surface area contributed by atoms with E-state index in [2.05, 4.69) is 0 Å². The molecular weight excluding hydrogens is 268 g/mol. The number of phenolic OH excluding ortho intramolecular Hbond substituents is 2. The topological polar surface area (TPSA) is 124 Å². The Bertz CT molecular complexity index is 525. The summed E-state index contributed by atoms with van der Waals surface area (Å²) in [5.74, 6) is -3.24. The van der Waals surface area contributed by atoms with Crippen LogP contribution in [-0.4, -0.2) is 44.1 Å². The number of rotatable bonds is 4. The Morgan fingerprint density at radius 2 is 1.85 bits per heavy atom. The van der Waals surface area contributed by atoms with E-state index in [-0.39, 0.29) is 16.9 Å². The molecule has 2 atom stereocenters. The van der Waals surface area contributed by atoms with Gasteiger partial charge in [-0.05, 0) is 32.4 Å². The van der Waals surface area contributed by atoms with Crippen molar-refractivity contribution < 1.29 is 34.8 Å². The minimum absolute atomic E-state index is 0.198. The van der Waals surface area contributed by atoms with E-state index >= 15 is 0 Å². The number of benzene rings is 1. The van der Waals surface area contributed by atoms with Gasteiger partial charge < -0.3 is 25.2 Å². The van der Waals surface area contributed by atoms with Crippen LogP contribution in [0, 0.1) is 6.92 Å². The predicted octanol–water partition coefficient (Wildman–Crippen LogP) is 0.787. The van der Waals surface area contributed by atoms with Gasteiger partial charge in [0.05, 0.1) is 0 Å². The summed E-state index contributed by atoms with van der Waals surface area (Å²) < 4.78 is 4.85. The van der Waals surface area contributed by atoms with Crippen molar-refractivity contribution in [1.82, 2.24) is 0 Å². The first-order valence-electron chi connectivity index (χ1n) is 5.76. The van der Waals surface area contributed by atoms with Crippen LogP contribution in [0.1, 0.15) is 29.8 Å². The van der Waals surface area contributed by atoms with Gasteiger partial charge in [0, 0.05) is 6.07 Å². The molecule has 0 aliphatic carbocycles. The van der Waals surface area contributed by atoms with Crippen LogP contribution in [0.15, 0.2) is 12.1 Å². The summed E-state index contributed by atoms with van der Waals surface area (Å²) in [6.07, 6.45) is -1.33. The number of ether oxygens (including phenoxy) is 1. The molecule has 0 bridgehead atoms. The molecule has 110 valence electrons. The molecule has 0 amide bonds. The number of carbonyl (C=O) groups excluding carboxylic acids is 1. The van der Waals surface area contributed by atoms with Gasteiger partial charge in [-0.25, -0.2) is 9.59 Å². The number of aliphatic carboxylic acids is 1. The van der Waals surface area contributed by atoms with E-state index in [9.17, 15) is 24.9 Å². The average molecular weight is 284 g/mol. The molecule has 0 saturated carbocycles. The predicted molar refractivity (Wildman–Crippen MR) is 67.6 cm³/mol. The highest BCUT2D eigenvalue weighted by molar-refractivity contribution is 5.94. The monoisotopic (exact) mass is 284 g/mol. The molecule has 0 aliphatic heterocycles. The Kier molecular flexibility index (Phi) is 4.24. The van der Waals surface area contributed by atoms with E-state index in [1.807, 2.05) is 0 Å². The Hall–Kier alpha value is -2.28. The molecule has 1 rings (SSSR count). The molecule has 1 aromatic carbocycles. The van der Waals surface area contributed by atoms with Crippen molar-refractivity contribution in [1.29, 1.82) is 0 Å². The summed E-state index contributed by atoms with van der Waals surface area (Å²) in [6.45, 7) is 3.69. The van der Waals surface area contributed by atoms with Crippen LogP contribution in [-0.2, 0) is 9.53 Å². The van der Waals surface area contributed by atoms with Gasteiger partial charge in [-0.3, -0.25) is 0 Å². The SMILES string of the molecule is Cc1cc(O)cc(O)c1C(=O)OC(C)C(C)(O)C(=O)O. The van der Waals surface area contributed by atoms with Crippen LogP contribution >= 0.6 is 0 Å². The number of phenols is 2. The van der Waals surface area contributed by atoms with E-state index in [1.165, 1.54) is 19.9 Å². The third-order valence-corrected chi connectivity index (χ3v) is 3.01. The number of hydrogen-bond donors (Lipinski definition) is 4. The summed E-state index contributed by atoms with van der Waals surface area (Å²) in [6, 6.07) is 2.21. The lowest BCUT2D eigenvalue weighted by Crippen LogP contribution is -2.47. The van der Waals surface area contributed by atoms with Crippen LogP contribution < -0.4 is 0 Å². The fourth-order valence-corrected chi connectivity index (χ4v) is 1.52. The van der Waals surface area contributed by atoms with Crippen molar-refractivity contribution in [3.8, 4) is 11.5 Å². The maximum Gasteiger partial charge on any atom is 0.342 e. The molecule has 0 aromatic heterocycles. The third-order valence-electron chi connectivity index (χ3n) is 3.01. The van der Waals surface area contributed by atoms with Gasteiger partial charge >= 0.3 is 11.9 Å². The maximum absolute atomic E-state index is 11.9. The van der Waals surface area contributed by atoms with Crippen molar-refractivity contribution in [3.05, 3.63) is 23.3 Å². The summed E-state index contributed by atoms with van der Waals surface area (Å²) in [7, 11) is 0. The molecule has 0 heterocycles. The van der Waals surface area contributed by atoms with Crippen molar-refractivity contribution in [3.63, 3.8) is 0 Å². The van der Waals surface area contributed by atoms with E-state index in [4.69, 9.17) is 9.84 Å². The largest absolute Gasteiger partial charge is 0.508 e. The van der Waals surface area contributed by atoms with Crippen LogP contribution in [0.3, 0.4) is 0 Å². The Morgan fingerprint density at radius 1 is 1.30 bits per heavy atom. The Balaban J connectivity index is 3.01. The summed E-state index contributed by atoms with van der Waals surface area (Å²) in [5, 5.41) is 37.4. The molecule has 20 heavy (non-hydrogen) atoms. The normalized spacial score (nSPS) is 15.2. The quantitative estimate of drug-likeness (QED) is 0.602. The van der Waals surface area contributed by atoms with Gasteiger partial charge in [0.1, 0.15) is 23.2 Å². The molecule has 2 unspecified atom stereocenters. The number of hydrogen-bond acceptors (Lipinski definition) is 6. The lowest BCUT2D eigenvalue weighted by atomic mass is 10.0. The number of carboxylic acids is 1. The van der Waals surface area contributed by atoms with Crippen molar-refractivity contribution >= 4 is 11.9 Å². The van der Waals surface area contributed by atoms with Gasteiger partial charge in [0.15, 0.2) is 5.60 Å². The smallest absolute Gasteiger partial charge is 0.342 e. The second kappa shape index (κ2) is 5.38. The first-order chi connectivity index (χ1) is 9.07. The third kappa shape index (κ3) is 3.00. The number of aryl methyl sites for hydroxylation is 1. The van der Waals surface area contributed by atoms with E-state index in [1.54, 1.807) is 0 Å². The fourth-order valence-electron chi connectivity index (χ4n) is 1.52. The van der Waals surface area contributed by atoms with Crippen LogP contribution in [0.25, 0.3) is 0 Å². The molecule has 0 fully saturated rings. The zero-order valence-corrected chi connectivity index (χ0v) is 11.2. The molecule has 4 N–H and O–H groups in total. The van der Waals surface area contributed by atoms with E-state index in [0.29, 0.717) is 0 Å². The highest BCUT2D eigenvalue weighted by atomic mass is 16.6. The van der Waals surface area contributed by atoms with Gasteiger partial charge in [0.2, 0.25) is 0 Å². The van der Waals surface area contributed by atoms with Crippen molar-refractivity contribution in [2.75, 3.05) is 0 Å². The number of aliphatic hydroxyl groups is 1. The zero-order chi connectivity index (χ0) is 15.7. The number of carbonyl (C=O) groups is 2. The average Bonchev–Trinajstić information content (AvgIpc) is 2.26. The highest BCUT2D eigenvalue weighted by Crippen LogP contribution is 2.28. The molecule has 0 aliphatic rings. The molecule has 0 spiro atoms. The lowest BCUT2D eigenvalue weighted by Gasteiger charge is -2.25. The molecule has 0 radical (unpaired) electrons. The standard InChI is InChI=1S/C13H16O7/c1-6-4-8(14)5-9(15)10(6)11(16)20-7(2)13(3,19)12(17)18/h4-5,7,14-15,19H,1-3H3,(H,17,18). The minimum atomic E-state index is -2.25. The molecule has 0 saturated heterocycles. The van der Waals surface area contributed by atoms with Gasteiger partial charge in [0.25, 0.3) is 0 Å². The minimum Gasteiger partial charge on any atom is -0.508 e. The number of carboxylic acid groups (broad SMARTS) is 1. The Morgan fingerprint density at radius 3 is 2.30 bits per heavy atom. The summed E-state index contributed by atoms with van der Waals surface area (Å²) in [4.78, 5) is 22.7. The second-order valence-corrected chi connectivity index (χ2v) is 4.66. The van der Waals surface area contributed by atoms with Gasteiger partial charge in [-0.15, -0.1) is 0 Å². The van der Waals surface area contributed by atoms with Crippen LogP contribution in [0.4, 0.5) is 0 Å². The molecule has 1 aromatic rings. The number of aromatic hydroxyl groups is 2. The second-order valence-electron chi connectivity index (χ2n) is 4.66. The maximum atomic E-state index is 11.9. The first-order valence-corrected chi connectivity index (χ1v) is 5.76. The lowest BCUT2D eigenvalue weighted by molar-refractivity contribution is -0.167. The highest BCUT2D eigenvalue weighted by Gasteiger charge is 2.39. The first kappa shape index (κ1) is 15.8. The number of esters is 1. The van der Waals surface area contributed by atoms with Crippen LogP contribution in [0.5, 0.6) is 11.5 Å². The molecular formula is C13H16O7. The van der Waals surface area contributed by atoms with Crippen LogP contribution in [0.2, 0.25) is 0 Å². The van der Waals surface area contributed by atoms with Crippen molar-refractivity contribution in [2.24, 2.45) is 0 Å². The van der Waals surface area contributed by atoms with Gasteiger partial charge in [-0.2, -0.15) is 0 Å².